The van der Waals surface area contributed by atoms with Crippen LogP contribution in [0.5, 0.6) is 0 Å². The van der Waals surface area contributed by atoms with Crippen molar-refractivity contribution in [3.05, 3.63) is 0 Å². The fourth-order valence-electron chi connectivity index (χ4n) is 3.00. The zero-order chi connectivity index (χ0) is 9.68. The highest BCUT2D eigenvalue weighted by Gasteiger charge is 2.30. The van der Waals surface area contributed by atoms with E-state index in [2.05, 4.69) is 26.2 Å². The SMILES string of the molecule is CCCC(C)C1CCCC1CNC. The third kappa shape index (κ3) is 2.98. The van der Waals surface area contributed by atoms with Gasteiger partial charge in [-0.2, -0.15) is 0 Å². The zero-order valence-electron chi connectivity index (χ0n) is 9.47. The van der Waals surface area contributed by atoms with Crippen molar-refractivity contribution in [1.82, 2.24) is 5.32 Å². The topological polar surface area (TPSA) is 12.0 Å². The smallest absolute Gasteiger partial charge is 0.00208 e. The summed E-state index contributed by atoms with van der Waals surface area (Å²) in [5.74, 6) is 2.92. The molecule has 1 heteroatoms. The van der Waals surface area contributed by atoms with Gasteiger partial charge in [-0.1, -0.05) is 33.1 Å². The quantitative estimate of drug-likeness (QED) is 0.691. The van der Waals surface area contributed by atoms with Crippen LogP contribution in [-0.2, 0) is 0 Å². The molecule has 1 fully saturated rings. The molecule has 13 heavy (non-hydrogen) atoms. The standard InChI is InChI=1S/C12H25N/c1-4-6-10(2)12-8-5-7-11(12)9-13-3/h10-13H,4-9H2,1-3H3. The minimum absolute atomic E-state index is 0.950. The van der Waals surface area contributed by atoms with Gasteiger partial charge < -0.3 is 5.32 Å². The number of nitrogens with one attached hydrogen (secondary N) is 1. The minimum Gasteiger partial charge on any atom is -0.319 e. The molecule has 1 rings (SSSR count). The zero-order valence-corrected chi connectivity index (χ0v) is 9.47. The van der Waals surface area contributed by atoms with E-state index in [1.54, 1.807) is 0 Å². The van der Waals surface area contributed by atoms with Crippen LogP contribution < -0.4 is 5.32 Å². The van der Waals surface area contributed by atoms with Gasteiger partial charge in [0.2, 0.25) is 0 Å². The Labute approximate surface area is 83.3 Å². The Hall–Kier alpha value is -0.0400. The maximum atomic E-state index is 3.34. The van der Waals surface area contributed by atoms with Crippen molar-refractivity contribution < 1.29 is 0 Å². The monoisotopic (exact) mass is 183 g/mol. The molecule has 0 amide bonds. The molecule has 0 aromatic rings. The molecule has 1 saturated carbocycles. The summed E-state index contributed by atoms with van der Waals surface area (Å²) in [5, 5.41) is 3.34. The van der Waals surface area contributed by atoms with Crippen molar-refractivity contribution in [1.29, 1.82) is 0 Å². The van der Waals surface area contributed by atoms with Crippen LogP contribution in [0, 0.1) is 17.8 Å². The second-order valence-electron chi connectivity index (χ2n) is 4.68. The van der Waals surface area contributed by atoms with E-state index in [0.717, 1.165) is 17.8 Å². The molecule has 78 valence electrons. The molecule has 0 saturated heterocycles. The van der Waals surface area contributed by atoms with Gasteiger partial charge in [-0.05, 0) is 44.2 Å². The first-order valence-corrected chi connectivity index (χ1v) is 5.94. The lowest BCUT2D eigenvalue weighted by molar-refractivity contribution is 0.260. The number of hydrogen-bond donors (Lipinski definition) is 1. The van der Waals surface area contributed by atoms with Gasteiger partial charge in [-0.25, -0.2) is 0 Å². The van der Waals surface area contributed by atoms with Crippen molar-refractivity contribution in [2.75, 3.05) is 13.6 Å². The van der Waals surface area contributed by atoms with Crippen LogP contribution in [0.25, 0.3) is 0 Å². The summed E-state index contributed by atoms with van der Waals surface area (Å²) in [4.78, 5) is 0. The van der Waals surface area contributed by atoms with Gasteiger partial charge >= 0.3 is 0 Å². The number of rotatable bonds is 5. The molecule has 0 radical (unpaired) electrons. The van der Waals surface area contributed by atoms with Gasteiger partial charge in [-0.3, -0.25) is 0 Å². The first kappa shape index (κ1) is 11.0. The summed E-state index contributed by atoms with van der Waals surface area (Å²) in [7, 11) is 2.08. The van der Waals surface area contributed by atoms with E-state index in [4.69, 9.17) is 0 Å². The van der Waals surface area contributed by atoms with Crippen molar-refractivity contribution in [2.45, 2.75) is 46.0 Å². The summed E-state index contributed by atoms with van der Waals surface area (Å²) >= 11 is 0. The molecular weight excluding hydrogens is 158 g/mol. The first-order valence-electron chi connectivity index (χ1n) is 5.94. The van der Waals surface area contributed by atoms with Gasteiger partial charge in [0.05, 0.1) is 0 Å². The van der Waals surface area contributed by atoms with Crippen molar-refractivity contribution >= 4 is 0 Å². The third-order valence-corrected chi connectivity index (χ3v) is 3.66. The van der Waals surface area contributed by atoms with Crippen LogP contribution in [0.4, 0.5) is 0 Å². The molecule has 0 heterocycles. The fourth-order valence-corrected chi connectivity index (χ4v) is 3.00. The second kappa shape index (κ2) is 5.64. The average molecular weight is 183 g/mol. The predicted octanol–water partition coefficient (Wildman–Crippen LogP) is 3.06. The molecule has 3 atom stereocenters. The molecule has 1 aliphatic carbocycles. The molecule has 0 aromatic heterocycles. The van der Waals surface area contributed by atoms with E-state index in [1.807, 2.05) is 0 Å². The molecule has 0 spiro atoms. The largest absolute Gasteiger partial charge is 0.319 e. The van der Waals surface area contributed by atoms with E-state index >= 15 is 0 Å². The summed E-state index contributed by atoms with van der Waals surface area (Å²) in [5.41, 5.74) is 0. The van der Waals surface area contributed by atoms with Crippen LogP contribution in [0.15, 0.2) is 0 Å². The Bertz CT molecular complexity index is 133. The molecule has 1 N–H and O–H groups in total. The summed E-state index contributed by atoms with van der Waals surface area (Å²) in [6.45, 7) is 5.99. The maximum absolute atomic E-state index is 3.34. The van der Waals surface area contributed by atoms with E-state index in [9.17, 15) is 0 Å². The van der Waals surface area contributed by atoms with Gasteiger partial charge in [0.25, 0.3) is 0 Å². The first-order chi connectivity index (χ1) is 6.29. The van der Waals surface area contributed by atoms with E-state index in [-0.39, 0.29) is 0 Å². The average Bonchev–Trinajstić information content (AvgIpc) is 2.54. The fraction of sp³-hybridized carbons (Fsp3) is 1.00. The third-order valence-electron chi connectivity index (χ3n) is 3.66. The van der Waals surface area contributed by atoms with Gasteiger partial charge in [0.1, 0.15) is 0 Å². The number of hydrogen-bond acceptors (Lipinski definition) is 1. The van der Waals surface area contributed by atoms with Gasteiger partial charge in [-0.15, -0.1) is 0 Å². The lowest BCUT2D eigenvalue weighted by Gasteiger charge is -2.25. The molecule has 3 unspecified atom stereocenters. The Balaban J connectivity index is 2.37. The van der Waals surface area contributed by atoms with Gasteiger partial charge in [0, 0.05) is 0 Å². The molecule has 1 nitrogen and oxygen atoms in total. The lowest BCUT2D eigenvalue weighted by Crippen LogP contribution is -2.25. The summed E-state index contributed by atoms with van der Waals surface area (Å²) in [6.07, 6.45) is 7.17. The van der Waals surface area contributed by atoms with Crippen molar-refractivity contribution in [2.24, 2.45) is 17.8 Å². The molecular formula is C12H25N. The molecule has 1 aliphatic rings. The minimum atomic E-state index is 0.950. The summed E-state index contributed by atoms with van der Waals surface area (Å²) in [6, 6.07) is 0. The Morgan fingerprint density at radius 3 is 2.77 bits per heavy atom. The van der Waals surface area contributed by atoms with E-state index < -0.39 is 0 Å². The Morgan fingerprint density at radius 1 is 1.38 bits per heavy atom. The Kier molecular flexibility index (Phi) is 4.79. The van der Waals surface area contributed by atoms with Crippen molar-refractivity contribution in [3.8, 4) is 0 Å². The molecule has 0 aliphatic heterocycles. The highest BCUT2D eigenvalue weighted by molar-refractivity contribution is 4.81. The highest BCUT2D eigenvalue weighted by atomic mass is 14.8. The maximum Gasteiger partial charge on any atom is -0.00208 e. The lowest BCUT2D eigenvalue weighted by atomic mass is 9.82. The predicted molar refractivity (Wildman–Crippen MR) is 58.8 cm³/mol. The molecule has 0 bridgehead atoms. The molecule has 0 aromatic carbocycles. The Morgan fingerprint density at radius 2 is 2.15 bits per heavy atom. The van der Waals surface area contributed by atoms with Crippen LogP contribution in [0.1, 0.15) is 46.0 Å². The van der Waals surface area contributed by atoms with Crippen molar-refractivity contribution in [3.63, 3.8) is 0 Å². The summed E-state index contributed by atoms with van der Waals surface area (Å²) < 4.78 is 0. The second-order valence-corrected chi connectivity index (χ2v) is 4.68. The van der Waals surface area contributed by atoms with E-state index in [0.29, 0.717) is 0 Å². The van der Waals surface area contributed by atoms with Crippen LogP contribution in [0.3, 0.4) is 0 Å². The van der Waals surface area contributed by atoms with Crippen LogP contribution in [-0.4, -0.2) is 13.6 Å². The highest BCUT2D eigenvalue weighted by Crippen LogP contribution is 2.38. The normalized spacial score (nSPS) is 30.7. The van der Waals surface area contributed by atoms with Crippen LogP contribution in [0.2, 0.25) is 0 Å². The van der Waals surface area contributed by atoms with Gasteiger partial charge in [0.15, 0.2) is 0 Å². The van der Waals surface area contributed by atoms with Crippen LogP contribution >= 0.6 is 0 Å². The van der Waals surface area contributed by atoms with E-state index in [1.165, 1.54) is 38.6 Å².